The van der Waals surface area contributed by atoms with Gasteiger partial charge < -0.3 is 16.4 Å². The third-order valence-electron chi connectivity index (χ3n) is 2.12. The molecule has 0 saturated carbocycles. The second-order valence-corrected chi connectivity index (χ2v) is 5.57. The first-order valence-electron chi connectivity index (χ1n) is 6.16. The predicted molar refractivity (Wildman–Crippen MR) is 83.1 cm³/mol. The summed E-state index contributed by atoms with van der Waals surface area (Å²) in [4.78, 5) is 8.32. The van der Waals surface area contributed by atoms with Crippen molar-refractivity contribution < 1.29 is 0 Å². The topological polar surface area (TPSA) is 75.3 Å². The maximum absolute atomic E-state index is 5.74. The minimum Gasteiger partial charge on any atom is -0.370 e. The summed E-state index contributed by atoms with van der Waals surface area (Å²) in [6.45, 7) is 6.64. The standard InChI is InChI=1S/C13H21N5S/c1-13(2,3)18-11(14)17-12(19)16-8-6-10-5-4-7-15-9-10/h4-5,7,9H,6,8H2,1-3H3,(H4,14,16,17,18,19). The van der Waals surface area contributed by atoms with Crippen LogP contribution >= 0.6 is 12.2 Å². The molecule has 1 aromatic heterocycles. The summed E-state index contributed by atoms with van der Waals surface area (Å²) in [6, 6.07) is 3.94. The number of aromatic nitrogens is 1. The van der Waals surface area contributed by atoms with Gasteiger partial charge in [-0.1, -0.05) is 6.07 Å². The molecule has 0 aliphatic carbocycles. The van der Waals surface area contributed by atoms with E-state index in [4.69, 9.17) is 18.0 Å². The molecule has 19 heavy (non-hydrogen) atoms. The number of thiocarbonyl (C=S) groups is 1. The van der Waals surface area contributed by atoms with Crippen LogP contribution in [0, 0.1) is 0 Å². The van der Waals surface area contributed by atoms with Gasteiger partial charge in [0, 0.05) is 18.9 Å². The van der Waals surface area contributed by atoms with Crippen LogP contribution < -0.4 is 16.4 Å². The van der Waals surface area contributed by atoms with Crippen LogP contribution in [0.4, 0.5) is 0 Å². The number of aliphatic imine (C=N–C) groups is 1. The van der Waals surface area contributed by atoms with Gasteiger partial charge in [0.1, 0.15) is 0 Å². The fourth-order valence-electron chi connectivity index (χ4n) is 1.42. The first kappa shape index (κ1) is 15.4. The molecule has 0 aromatic carbocycles. The Kier molecular flexibility index (Phi) is 5.69. The minimum absolute atomic E-state index is 0.220. The van der Waals surface area contributed by atoms with E-state index in [9.17, 15) is 0 Å². The molecule has 0 radical (unpaired) electrons. The second-order valence-electron chi connectivity index (χ2n) is 5.16. The van der Waals surface area contributed by atoms with Crippen molar-refractivity contribution in [2.24, 2.45) is 10.7 Å². The van der Waals surface area contributed by atoms with Gasteiger partial charge in [-0.05, 0) is 51.0 Å². The minimum atomic E-state index is -0.220. The average Bonchev–Trinajstić information content (AvgIpc) is 2.27. The molecular formula is C13H21N5S. The van der Waals surface area contributed by atoms with E-state index in [1.807, 2.05) is 39.1 Å². The van der Waals surface area contributed by atoms with Crippen LogP contribution in [0.15, 0.2) is 29.5 Å². The van der Waals surface area contributed by atoms with Gasteiger partial charge in [-0.25, -0.2) is 4.99 Å². The predicted octanol–water partition coefficient (Wildman–Crippen LogP) is 1.20. The van der Waals surface area contributed by atoms with Crippen molar-refractivity contribution >= 4 is 23.3 Å². The molecule has 1 aromatic rings. The number of hydrogen-bond acceptors (Lipinski definition) is 3. The molecule has 0 aliphatic heterocycles. The van der Waals surface area contributed by atoms with Crippen LogP contribution in [0.25, 0.3) is 0 Å². The lowest BCUT2D eigenvalue weighted by atomic mass is 10.1. The average molecular weight is 279 g/mol. The second kappa shape index (κ2) is 7.04. The third-order valence-corrected chi connectivity index (χ3v) is 2.37. The molecular weight excluding hydrogens is 258 g/mol. The molecule has 0 atom stereocenters. The Bertz CT molecular complexity index is 436. The SMILES string of the molecule is CC(C)(C)N=C(N)NC(=S)NCCc1cccnc1. The Balaban J connectivity index is 2.31. The highest BCUT2D eigenvalue weighted by Crippen LogP contribution is 2.04. The monoisotopic (exact) mass is 279 g/mol. The molecule has 0 bridgehead atoms. The number of nitrogens with two attached hydrogens (primary N) is 1. The fraction of sp³-hybridized carbons (Fsp3) is 0.462. The van der Waals surface area contributed by atoms with Crippen LogP contribution in [0.5, 0.6) is 0 Å². The lowest BCUT2D eigenvalue weighted by molar-refractivity contribution is 0.580. The summed E-state index contributed by atoms with van der Waals surface area (Å²) in [6.07, 6.45) is 4.45. The molecule has 0 amide bonds. The quantitative estimate of drug-likeness (QED) is 0.440. The van der Waals surface area contributed by atoms with Crippen LogP contribution in [-0.4, -0.2) is 28.1 Å². The summed E-state index contributed by atoms with van der Waals surface area (Å²) >= 11 is 5.14. The zero-order valence-electron chi connectivity index (χ0n) is 11.6. The van der Waals surface area contributed by atoms with E-state index in [0.717, 1.165) is 18.5 Å². The zero-order valence-corrected chi connectivity index (χ0v) is 12.4. The number of guanidine groups is 1. The molecule has 5 nitrogen and oxygen atoms in total. The van der Waals surface area contributed by atoms with Gasteiger partial charge in [-0.15, -0.1) is 0 Å². The van der Waals surface area contributed by atoms with Crippen LogP contribution in [0.1, 0.15) is 26.3 Å². The Morgan fingerprint density at radius 1 is 1.47 bits per heavy atom. The maximum Gasteiger partial charge on any atom is 0.195 e. The van der Waals surface area contributed by atoms with E-state index < -0.39 is 0 Å². The molecule has 0 aliphatic rings. The normalized spacial score (nSPS) is 12.1. The number of nitrogens with zero attached hydrogens (tertiary/aromatic N) is 2. The fourth-order valence-corrected chi connectivity index (χ4v) is 1.62. The van der Waals surface area contributed by atoms with Crippen molar-refractivity contribution in [2.45, 2.75) is 32.7 Å². The zero-order chi connectivity index (χ0) is 14.3. The van der Waals surface area contributed by atoms with Crippen molar-refractivity contribution in [3.8, 4) is 0 Å². The first-order chi connectivity index (χ1) is 8.87. The number of nitrogens with one attached hydrogen (secondary N) is 2. The van der Waals surface area contributed by atoms with Gasteiger partial charge in [0.05, 0.1) is 5.54 Å². The van der Waals surface area contributed by atoms with Gasteiger partial charge in [-0.2, -0.15) is 0 Å². The van der Waals surface area contributed by atoms with Crippen molar-refractivity contribution in [3.05, 3.63) is 30.1 Å². The van der Waals surface area contributed by atoms with Crippen LogP contribution in [0.2, 0.25) is 0 Å². The molecule has 4 N–H and O–H groups in total. The van der Waals surface area contributed by atoms with Crippen molar-refractivity contribution in [2.75, 3.05) is 6.54 Å². The van der Waals surface area contributed by atoms with Gasteiger partial charge in [0.25, 0.3) is 0 Å². The van der Waals surface area contributed by atoms with Crippen LogP contribution in [0.3, 0.4) is 0 Å². The third kappa shape index (κ3) is 7.35. The summed E-state index contributed by atoms with van der Waals surface area (Å²) < 4.78 is 0. The summed E-state index contributed by atoms with van der Waals surface area (Å²) in [5.41, 5.74) is 6.69. The Labute approximate surface area is 119 Å². The van der Waals surface area contributed by atoms with Gasteiger partial charge >= 0.3 is 0 Å². The number of rotatable bonds is 3. The number of pyridine rings is 1. The maximum atomic E-state index is 5.74. The molecule has 1 heterocycles. The lowest BCUT2D eigenvalue weighted by Crippen LogP contribution is -2.44. The largest absolute Gasteiger partial charge is 0.370 e. The molecule has 0 spiro atoms. The van der Waals surface area contributed by atoms with Crippen LogP contribution in [-0.2, 0) is 6.42 Å². The molecule has 1 rings (SSSR count). The summed E-state index contributed by atoms with van der Waals surface area (Å²) in [7, 11) is 0. The van der Waals surface area contributed by atoms with Gasteiger partial charge in [0.15, 0.2) is 11.1 Å². The molecule has 6 heteroatoms. The van der Waals surface area contributed by atoms with E-state index in [-0.39, 0.29) is 5.54 Å². The smallest absolute Gasteiger partial charge is 0.195 e. The van der Waals surface area contributed by atoms with Crippen molar-refractivity contribution in [3.63, 3.8) is 0 Å². The first-order valence-corrected chi connectivity index (χ1v) is 6.57. The Morgan fingerprint density at radius 2 is 2.21 bits per heavy atom. The molecule has 0 fully saturated rings. The highest BCUT2D eigenvalue weighted by atomic mass is 32.1. The van der Waals surface area contributed by atoms with Gasteiger partial charge in [-0.3, -0.25) is 4.98 Å². The van der Waals surface area contributed by atoms with Crippen molar-refractivity contribution in [1.82, 2.24) is 15.6 Å². The van der Waals surface area contributed by atoms with E-state index in [1.54, 1.807) is 6.20 Å². The van der Waals surface area contributed by atoms with E-state index >= 15 is 0 Å². The Hall–Kier alpha value is -1.69. The molecule has 104 valence electrons. The molecule has 0 unspecified atom stereocenters. The lowest BCUT2D eigenvalue weighted by Gasteiger charge is -2.15. The van der Waals surface area contributed by atoms with E-state index in [1.165, 1.54) is 0 Å². The molecule has 0 saturated heterocycles. The number of hydrogen-bond donors (Lipinski definition) is 3. The van der Waals surface area contributed by atoms with Crippen molar-refractivity contribution in [1.29, 1.82) is 0 Å². The van der Waals surface area contributed by atoms with E-state index in [2.05, 4.69) is 20.6 Å². The highest BCUT2D eigenvalue weighted by Gasteiger charge is 2.08. The Morgan fingerprint density at radius 3 is 2.79 bits per heavy atom. The highest BCUT2D eigenvalue weighted by molar-refractivity contribution is 7.80. The van der Waals surface area contributed by atoms with Gasteiger partial charge in [0.2, 0.25) is 0 Å². The summed E-state index contributed by atoms with van der Waals surface area (Å²) in [5.74, 6) is 0.325. The van der Waals surface area contributed by atoms with E-state index in [0.29, 0.717) is 11.1 Å². The summed E-state index contributed by atoms with van der Waals surface area (Å²) in [5, 5.41) is 6.42.